The third-order valence-electron chi connectivity index (χ3n) is 9.48. The van der Waals surface area contributed by atoms with Crippen LogP contribution in [0.2, 0.25) is 0 Å². The van der Waals surface area contributed by atoms with Crippen molar-refractivity contribution in [1.29, 1.82) is 0 Å². The Labute approximate surface area is 206 Å². The van der Waals surface area contributed by atoms with Gasteiger partial charge in [-0.05, 0) is 80.1 Å². The first kappa shape index (κ1) is 25.3. The molecule has 1 aromatic rings. The van der Waals surface area contributed by atoms with E-state index in [0.29, 0.717) is 31.2 Å². The monoisotopic (exact) mass is 508 g/mol. The molecule has 4 aliphatic carbocycles. The maximum atomic E-state index is 15.0. The minimum absolute atomic E-state index is 0.0378. The third kappa shape index (κ3) is 3.39. The number of ketones is 2. The van der Waals surface area contributed by atoms with Gasteiger partial charge in [-0.2, -0.15) is 22.0 Å². The standard InChI is InChI=1S/C28H29F5O3/c1-15(34)16-3-5-17(6-4-16)22-14-25(2)23(11-12-26(25,36)27(29,30)28(31,32)33)21-9-7-18-13-19(35)8-10-20(18)24(21)22/h3-6,13,21-23,36H,7-12,14H2,1-2H3/t21?,22-,23?,25?,26?/m1/s1. The van der Waals surface area contributed by atoms with Crippen LogP contribution in [-0.4, -0.2) is 34.4 Å². The highest BCUT2D eigenvalue weighted by molar-refractivity contribution is 5.94. The molecule has 5 rings (SSSR count). The van der Waals surface area contributed by atoms with Crippen molar-refractivity contribution in [2.45, 2.75) is 82.4 Å². The third-order valence-corrected chi connectivity index (χ3v) is 9.48. The fraction of sp³-hybridized carbons (Fsp3) is 0.571. The average molecular weight is 509 g/mol. The maximum absolute atomic E-state index is 15.0. The highest BCUT2D eigenvalue weighted by atomic mass is 19.4. The summed E-state index contributed by atoms with van der Waals surface area (Å²) in [7, 11) is 0. The molecule has 0 aromatic heterocycles. The molecule has 0 saturated heterocycles. The molecule has 1 N–H and O–H groups in total. The zero-order valence-corrected chi connectivity index (χ0v) is 20.2. The summed E-state index contributed by atoms with van der Waals surface area (Å²) in [6.07, 6.45) is -2.90. The van der Waals surface area contributed by atoms with Crippen molar-refractivity contribution in [2.75, 3.05) is 0 Å². The molecule has 0 aliphatic heterocycles. The summed E-state index contributed by atoms with van der Waals surface area (Å²) >= 11 is 0. The summed E-state index contributed by atoms with van der Waals surface area (Å²) < 4.78 is 70.7. The van der Waals surface area contributed by atoms with E-state index in [4.69, 9.17) is 0 Å². The molecule has 2 saturated carbocycles. The van der Waals surface area contributed by atoms with Crippen LogP contribution < -0.4 is 0 Å². The molecule has 194 valence electrons. The predicted molar refractivity (Wildman–Crippen MR) is 123 cm³/mol. The molecule has 5 atom stereocenters. The van der Waals surface area contributed by atoms with Crippen molar-refractivity contribution >= 4 is 11.6 Å². The lowest BCUT2D eigenvalue weighted by Crippen LogP contribution is -2.65. The zero-order valence-electron chi connectivity index (χ0n) is 20.2. The molecular weight excluding hydrogens is 479 g/mol. The minimum atomic E-state index is -5.87. The lowest BCUT2D eigenvalue weighted by atomic mass is 9.50. The van der Waals surface area contributed by atoms with Crippen LogP contribution in [0.3, 0.4) is 0 Å². The number of rotatable bonds is 3. The quantitative estimate of drug-likeness (QED) is 0.364. The highest BCUT2D eigenvalue weighted by Crippen LogP contribution is 2.70. The van der Waals surface area contributed by atoms with Gasteiger partial charge in [-0.15, -0.1) is 0 Å². The summed E-state index contributed by atoms with van der Waals surface area (Å²) in [6, 6.07) is 6.75. The van der Waals surface area contributed by atoms with E-state index in [0.717, 1.165) is 22.3 Å². The van der Waals surface area contributed by atoms with Crippen LogP contribution in [-0.2, 0) is 4.79 Å². The SMILES string of the molecule is CC(=O)c1ccc([C@H]2CC3(C)C(CCC3(O)C(F)(F)C(F)(F)F)C3CCC4=CC(=O)CCC4=C32)cc1. The van der Waals surface area contributed by atoms with Crippen LogP contribution >= 0.6 is 0 Å². The van der Waals surface area contributed by atoms with Gasteiger partial charge in [0.25, 0.3) is 0 Å². The van der Waals surface area contributed by atoms with Gasteiger partial charge in [-0.3, -0.25) is 9.59 Å². The smallest absolute Gasteiger partial charge is 0.383 e. The molecule has 0 heterocycles. The van der Waals surface area contributed by atoms with Crippen molar-refractivity contribution in [1.82, 2.24) is 0 Å². The van der Waals surface area contributed by atoms with Crippen molar-refractivity contribution < 1.29 is 36.6 Å². The van der Waals surface area contributed by atoms with Gasteiger partial charge in [-0.1, -0.05) is 36.8 Å². The number of Topliss-reactive ketones (excluding diaryl/α,β-unsaturated/α-hetero) is 1. The van der Waals surface area contributed by atoms with Gasteiger partial charge in [0.15, 0.2) is 11.6 Å². The molecule has 0 bridgehead atoms. The number of carbonyl (C=O) groups excluding carboxylic acids is 2. The Balaban J connectivity index is 1.69. The topological polar surface area (TPSA) is 54.4 Å². The summed E-state index contributed by atoms with van der Waals surface area (Å²) in [5, 5.41) is 11.3. The number of alkyl halides is 5. The van der Waals surface area contributed by atoms with E-state index < -0.39 is 41.4 Å². The van der Waals surface area contributed by atoms with Gasteiger partial charge in [0.2, 0.25) is 0 Å². The zero-order chi connectivity index (χ0) is 26.3. The van der Waals surface area contributed by atoms with Gasteiger partial charge in [0, 0.05) is 23.3 Å². The second-order valence-electron chi connectivity index (χ2n) is 11.1. The van der Waals surface area contributed by atoms with Crippen molar-refractivity contribution in [2.24, 2.45) is 17.3 Å². The number of aliphatic hydroxyl groups is 1. The Kier molecular flexibility index (Phi) is 5.67. The van der Waals surface area contributed by atoms with E-state index >= 15 is 0 Å². The van der Waals surface area contributed by atoms with Crippen molar-refractivity contribution in [3.8, 4) is 0 Å². The first-order valence-corrected chi connectivity index (χ1v) is 12.5. The molecule has 1 aromatic carbocycles. The molecule has 8 heteroatoms. The summed E-state index contributed by atoms with van der Waals surface area (Å²) in [5.74, 6) is -6.66. The Morgan fingerprint density at radius 2 is 1.69 bits per heavy atom. The second kappa shape index (κ2) is 8.07. The molecule has 36 heavy (non-hydrogen) atoms. The van der Waals surface area contributed by atoms with E-state index in [-0.39, 0.29) is 30.3 Å². The normalized spacial score (nSPS) is 34.6. The lowest BCUT2D eigenvalue weighted by molar-refractivity contribution is -0.362. The number of hydrogen-bond acceptors (Lipinski definition) is 3. The first-order chi connectivity index (χ1) is 16.7. The number of hydrogen-bond donors (Lipinski definition) is 1. The Morgan fingerprint density at radius 1 is 1.03 bits per heavy atom. The number of allylic oxidation sites excluding steroid dienone is 4. The van der Waals surface area contributed by atoms with Crippen molar-refractivity contribution in [3.05, 3.63) is 58.2 Å². The van der Waals surface area contributed by atoms with Gasteiger partial charge in [-0.25, -0.2) is 0 Å². The molecule has 0 spiro atoms. The van der Waals surface area contributed by atoms with E-state index in [1.165, 1.54) is 13.8 Å². The van der Waals surface area contributed by atoms with E-state index in [1.54, 1.807) is 30.3 Å². The summed E-state index contributed by atoms with van der Waals surface area (Å²) in [5.41, 5.74) is -0.758. The number of halogens is 5. The molecular formula is C28H29F5O3. The Morgan fingerprint density at radius 3 is 2.31 bits per heavy atom. The fourth-order valence-electron chi connectivity index (χ4n) is 7.66. The van der Waals surface area contributed by atoms with Gasteiger partial charge >= 0.3 is 12.1 Å². The lowest BCUT2D eigenvalue weighted by Gasteiger charge is -2.56. The van der Waals surface area contributed by atoms with Crippen LogP contribution in [0.5, 0.6) is 0 Å². The Bertz CT molecular complexity index is 1180. The number of carbonyl (C=O) groups is 2. The predicted octanol–water partition coefficient (Wildman–Crippen LogP) is 6.72. The van der Waals surface area contributed by atoms with Crippen LogP contribution in [0, 0.1) is 17.3 Å². The summed E-state index contributed by atoms with van der Waals surface area (Å²) in [6.45, 7) is 2.83. The van der Waals surface area contributed by atoms with E-state index in [2.05, 4.69) is 0 Å². The molecule has 4 unspecified atom stereocenters. The van der Waals surface area contributed by atoms with Crippen LogP contribution in [0.15, 0.2) is 47.1 Å². The summed E-state index contributed by atoms with van der Waals surface area (Å²) in [4.78, 5) is 23.9. The maximum Gasteiger partial charge on any atom is 0.456 e. The molecule has 0 radical (unpaired) electrons. The first-order valence-electron chi connectivity index (χ1n) is 12.5. The van der Waals surface area contributed by atoms with Gasteiger partial charge in [0.05, 0.1) is 0 Å². The van der Waals surface area contributed by atoms with Gasteiger partial charge < -0.3 is 5.11 Å². The van der Waals surface area contributed by atoms with Crippen molar-refractivity contribution in [3.63, 3.8) is 0 Å². The molecule has 3 nitrogen and oxygen atoms in total. The van der Waals surface area contributed by atoms with Crippen LogP contribution in [0.1, 0.15) is 80.6 Å². The van der Waals surface area contributed by atoms with E-state index in [9.17, 15) is 36.6 Å². The minimum Gasteiger partial charge on any atom is -0.383 e. The van der Waals surface area contributed by atoms with Gasteiger partial charge in [0.1, 0.15) is 5.60 Å². The van der Waals surface area contributed by atoms with Crippen LogP contribution in [0.4, 0.5) is 22.0 Å². The molecule has 0 amide bonds. The number of fused-ring (bicyclic) bond motifs is 4. The average Bonchev–Trinajstić information content (AvgIpc) is 3.09. The van der Waals surface area contributed by atoms with Crippen LogP contribution in [0.25, 0.3) is 0 Å². The second-order valence-corrected chi connectivity index (χ2v) is 11.1. The fourth-order valence-corrected chi connectivity index (χ4v) is 7.66. The van der Waals surface area contributed by atoms with E-state index in [1.807, 2.05) is 0 Å². The molecule has 2 fully saturated rings. The number of benzene rings is 1. The Hall–Kier alpha value is -2.35. The largest absolute Gasteiger partial charge is 0.456 e. The highest BCUT2D eigenvalue weighted by Gasteiger charge is 2.79. The molecule has 4 aliphatic rings.